The van der Waals surface area contributed by atoms with Gasteiger partial charge in [0.25, 0.3) is 5.91 Å². The van der Waals surface area contributed by atoms with Gasteiger partial charge in [-0.25, -0.2) is 0 Å². The summed E-state index contributed by atoms with van der Waals surface area (Å²) in [4.78, 5) is 13.3. The number of allylic oxidation sites excluding steroid dienone is 2. The fraction of sp³-hybridized carbons (Fsp3) is 0.167. The van der Waals surface area contributed by atoms with E-state index in [4.69, 9.17) is 16.6 Å². The molecule has 17 heavy (non-hydrogen) atoms. The maximum absolute atomic E-state index is 11.8. The topological polar surface area (TPSA) is 45.5 Å². The molecule has 0 spiro atoms. The van der Waals surface area contributed by atoms with Crippen LogP contribution in [0.25, 0.3) is 6.08 Å². The zero-order valence-corrected chi connectivity index (χ0v) is 10.2. The molecule has 5 heteroatoms. The number of amides is 1. The van der Waals surface area contributed by atoms with Gasteiger partial charge in [0.15, 0.2) is 5.11 Å². The van der Waals surface area contributed by atoms with Crippen LogP contribution >= 0.6 is 12.2 Å². The number of hydrogen-bond acceptors (Lipinski definition) is 3. The standard InChI is InChI=1S/C12H12N2O2S/c1-2-14-11(15)10(13-12(14)17)7-3-5-9-6-4-8-16-9/h3-8H,2H2,1H3,(H,13,17)/b5-3+,10-7+. The second kappa shape index (κ2) is 4.97. The van der Waals surface area contributed by atoms with E-state index in [1.54, 1.807) is 30.6 Å². The molecule has 1 fully saturated rings. The summed E-state index contributed by atoms with van der Waals surface area (Å²) >= 11 is 5.03. The summed E-state index contributed by atoms with van der Waals surface area (Å²) in [7, 11) is 0. The van der Waals surface area contributed by atoms with Crippen LogP contribution in [0.4, 0.5) is 0 Å². The molecule has 0 aliphatic carbocycles. The van der Waals surface area contributed by atoms with Crippen LogP contribution in [-0.2, 0) is 4.79 Å². The number of hydrogen-bond donors (Lipinski definition) is 1. The molecule has 1 aliphatic heterocycles. The van der Waals surface area contributed by atoms with E-state index in [0.717, 1.165) is 5.76 Å². The Morgan fingerprint density at radius 2 is 2.41 bits per heavy atom. The Balaban J connectivity index is 2.09. The van der Waals surface area contributed by atoms with Crippen LogP contribution in [0.2, 0.25) is 0 Å². The molecule has 0 atom stereocenters. The van der Waals surface area contributed by atoms with Crippen molar-refractivity contribution in [1.82, 2.24) is 10.2 Å². The summed E-state index contributed by atoms with van der Waals surface area (Å²) < 4.78 is 5.13. The van der Waals surface area contributed by atoms with E-state index >= 15 is 0 Å². The van der Waals surface area contributed by atoms with Crippen molar-refractivity contribution in [2.24, 2.45) is 0 Å². The molecule has 0 bridgehead atoms. The minimum atomic E-state index is -0.0957. The van der Waals surface area contributed by atoms with Crippen LogP contribution < -0.4 is 5.32 Å². The second-order valence-electron chi connectivity index (χ2n) is 3.43. The van der Waals surface area contributed by atoms with E-state index in [1.165, 1.54) is 4.90 Å². The maximum atomic E-state index is 11.8. The summed E-state index contributed by atoms with van der Waals surface area (Å²) in [5.41, 5.74) is 0.486. The first-order chi connectivity index (χ1) is 8.22. The zero-order valence-electron chi connectivity index (χ0n) is 9.34. The van der Waals surface area contributed by atoms with E-state index in [0.29, 0.717) is 17.4 Å². The van der Waals surface area contributed by atoms with Gasteiger partial charge in [-0.2, -0.15) is 0 Å². The van der Waals surface area contributed by atoms with Gasteiger partial charge in [0.1, 0.15) is 11.5 Å². The third-order valence-electron chi connectivity index (χ3n) is 2.35. The smallest absolute Gasteiger partial charge is 0.276 e. The summed E-state index contributed by atoms with van der Waals surface area (Å²) in [6.07, 6.45) is 6.81. The highest BCUT2D eigenvalue weighted by atomic mass is 32.1. The minimum Gasteiger partial charge on any atom is -0.465 e. The van der Waals surface area contributed by atoms with Crippen LogP contribution in [-0.4, -0.2) is 22.5 Å². The molecule has 1 aliphatic rings. The molecule has 0 saturated carbocycles. The first-order valence-corrected chi connectivity index (χ1v) is 5.68. The fourth-order valence-electron chi connectivity index (χ4n) is 1.50. The molecule has 88 valence electrons. The molecular formula is C12H12N2O2S. The molecule has 2 heterocycles. The van der Waals surface area contributed by atoms with E-state index in [9.17, 15) is 4.79 Å². The van der Waals surface area contributed by atoms with Gasteiger partial charge in [-0.3, -0.25) is 9.69 Å². The zero-order chi connectivity index (χ0) is 12.3. The first kappa shape index (κ1) is 11.6. The molecule has 1 saturated heterocycles. The number of furan rings is 1. The second-order valence-corrected chi connectivity index (χ2v) is 3.82. The van der Waals surface area contributed by atoms with Gasteiger partial charge in [-0.05, 0) is 43.4 Å². The molecular weight excluding hydrogens is 236 g/mol. The lowest BCUT2D eigenvalue weighted by Crippen LogP contribution is -2.30. The van der Waals surface area contributed by atoms with Crippen molar-refractivity contribution in [3.8, 4) is 0 Å². The van der Waals surface area contributed by atoms with Crippen LogP contribution in [0.5, 0.6) is 0 Å². The highest BCUT2D eigenvalue weighted by molar-refractivity contribution is 7.80. The molecule has 1 N–H and O–H groups in total. The highest BCUT2D eigenvalue weighted by Crippen LogP contribution is 2.10. The van der Waals surface area contributed by atoms with Crippen LogP contribution in [0.3, 0.4) is 0 Å². The van der Waals surface area contributed by atoms with E-state index in [1.807, 2.05) is 13.0 Å². The number of rotatable bonds is 3. The Labute approximate surface area is 105 Å². The summed E-state index contributed by atoms with van der Waals surface area (Å²) in [6, 6.07) is 3.64. The normalized spacial score (nSPS) is 18.4. The van der Waals surface area contributed by atoms with Crippen molar-refractivity contribution in [2.75, 3.05) is 6.54 Å². The largest absolute Gasteiger partial charge is 0.465 e. The van der Waals surface area contributed by atoms with Crippen molar-refractivity contribution < 1.29 is 9.21 Å². The fourth-order valence-corrected chi connectivity index (χ4v) is 1.82. The quantitative estimate of drug-likeness (QED) is 0.655. The van der Waals surface area contributed by atoms with E-state index in [2.05, 4.69) is 5.32 Å². The SMILES string of the molecule is CCN1C(=O)/C(=C\C=C\c2ccco2)NC1=S. The van der Waals surface area contributed by atoms with Gasteiger partial charge in [0.2, 0.25) is 0 Å². The Morgan fingerprint density at radius 1 is 1.59 bits per heavy atom. The lowest BCUT2D eigenvalue weighted by atomic mass is 10.3. The van der Waals surface area contributed by atoms with Crippen molar-refractivity contribution >= 4 is 29.3 Å². The monoisotopic (exact) mass is 248 g/mol. The van der Waals surface area contributed by atoms with Crippen molar-refractivity contribution in [3.63, 3.8) is 0 Å². The number of nitrogens with one attached hydrogen (secondary N) is 1. The molecule has 0 radical (unpaired) electrons. The predicted octanol–water partition coefficient (Wildman–Crippen LogP) is 1.91. The number of likely N-dealkylation sites (N-methyl/N-ethyl adjacent to an activating group) is 1. The minimum absolute atomic E-state index is 0.0957. The van der Waals surface area contributed by atoms with Gasteiger partial charge < -0.3 is 9.73 Å². The summed E-state index contributed by atoms with van der Waals surface area (Å²) in [6.45, 7) is 2.46. The third-order valence-corrected chi connectivity index (χ3v) is 2.67. The molecule has 1 aromatic heterocycles. The maximum Gasteiger partial charge on any atom is 0.276 e. The molecule has 0 unspecified atom stereocenters. The van der Waals surface area contributed by atoms with Crippen LogP contribution in [0.1, 0.15) is 12.7 Å². The van der Waals surface area contributed by atoms with Gasteiger partial charge >= 0.3 is 0 Å². The number of carbonyl (C=O) groups excluding carboxylic acids is 1. The molecule has 1 aromatic rings. The Morgan fingerprint density at radius 3 is 3.00 bits per heavy atom. The third kappa shape index (κ3) is 2.45. The van der Waals surface area contributed by atoms with Gasteiger partial charge in [0.05, 0.1) is 6.26 Å². The van der Waals surface area contributed by atoms with Crippen molar-refractivity contribution in [1.29, 1.82) is 0 Å². The van der Waals surface area contributed by atoms with Crippen LogP contribution in [0, 0.1) is 0 Å². The van der Waals surface area contributed by atoms with Crippen molar-refractivity contribution in [3.05, 3.63) is 42.0 Å². The highest BCUT2D eigenvalue weighted by Gasteiger charge is 2.28. The average molecular weight is 248 g/mol. The first-order valence-electron chi connectivity index (χ1n) is 5.27. The van der Waals surface area contributed by atoms with E-state index in [-0.39, 0.29) is 5.91 Å². The molecule has 1 amide bonds. The molecule has 0 aromatic carbocycles. The van der Waals surface area contributed by atoms with Crippen LogP contribution in [0.15, 0.2) is 40.7 Å². The average Bonchev–Trinajstić information content (AvgIpc) is 2.89. The molecule has 4 nitrogen and oxygen atoms in total. The Bertz CT molecular complexity index is 489. The van der Waals surface area contributed by atoms with Gasteiger partial charge in [0, 0.05) is 6.54 Å². The summed E-state index contributed by atoms with van der Waals surface area (Å²) in [5.74, 6) is 0.642. The predicted molar refractivity (Wildman–Crippen MR) is 68.9 cm³/mol. The number of carbonyl (C=O) groups is 1. The number of thiocarbonyl (C=S) groups is 1. The number of nitrogens with zero attached hydrogens (tertiary/aromatic N) is 1. The molecule has 2 rings (SSSR count). The van der Waals surface area contributed by atoms with E-state index < -0.39 is 0 Å². The van der Waals surface area contributed by atoms with Gasteiger partial charge in [-0.15, -0.1) is 0 Å². The summed E-state index contributed by atoms with van der Waals surface area (Å²) in [5, 5.41) is 3.33. The van der Waals surface area contributed by atoms with Gasteiger partial charge in [-0.1, -0.05) is 6.08 Å². The Hall–Kier alpha value is -1.88. The lowest BCUT2D eigenvalue weighted by Gasteiger charge is -2.08. The van der Waals surface area contributed by atoms with Crippen molar-refractivity contribution in [2.45, 2.75) is 6.92 Å². The lowest BCUT2D eigenvalue weighted by molar-refractivity contribution is -0.122. The Kier molecular flexibility index (Phi) is 3.39.